The molecule has 1 aromatic rings. The van der Waals surface area contributed by atoms with Crippen molar-refractivity contribution in [3.05, 3.63) is 29.3 Å². The summed E-state index contributed by atoms with van der Waals surface area (Å²) in [6.45, 7) is 1.74. The predicted molar refractivity (Wildman–Crippen MR) is 60.5 cm³/mol. The fourth-order valence-corrected chi connectivity index (χ4v) is 1.54. The standard InChI is InChI=1S/C12H14F3NO2/c1-3-16(7-12(13,14)15)11(18)9-6-8(2)4-5-10(9)17/h4-6,17H,3,7H2,1-2H3. The molecular formula is C12H14F3NO2. The molecule has 6 heteroatoms. The Labute approximate surface area is 103 Å². The number of amides is 1. The molecule has 0 saturated heterocycles. The molecule has 0 aliphatic rings. The van der Waals surface area contributed by atoms with Gasteiger partial charge in [-0.05, 0) is 26.0 Å². The molecule has 18 heavy (non-hydrogen) atoms. The molecule has 0 saturated carbocycles. The number of alkyl halides is 3. The topological polar surface area (TPSA) is 40.5 Å². The Kier molecular flexibility index (Phi) is 4.21. The minimum Gasteiger partial charge on any atom is -0.507 e. The smallest absolute Gasteiger partial charge is 0.406 e. The van der Waals surface area contributed by atoms with Gasteiger partial charge in [0.05, 0.1) is 5.56 Å². The largest absolute Gasteiger partial charge is 0.507 e. The van der Waals surface area contributed by atoms with Crippen molar-refractivity contribution in [1.82, 2.24) is 4.90 Å². The van der Waals surface area contributed by atoms with Crippen LogP contribution in [-0.2, 0) is 0 Å². The molecule has 3 nitrogen and oxygen atoms in total. The number of phenolic OH excluding ortho intramolecular Hbond substituents is 1. The quantitative estimate of drug-likeness (QED) is 0.908. The number of carbonyl (C=O) groups excluding carboxylic acids is 1. The summed E-state index contributed by atoms with van der Waals surface area (Å²) in [5, 5.41) is 9.52. The van der Waals surface area contributed by atoms with Gasteiger partial charge in [0.2, 0.25) is 0 Å². The normalized spacial score (nSPS) is 11.4. The average molecular weight is 261 g/mol. The highest BCUT2D eigenvalue weighted by molar-refractivity contribution is 5.97. The summed E-state index contributed by atoms with van der Waals surface area (Å²) >= 11 is 0. The Hall–Kier alpha value is -1.72. The third-order valence-corrected chi connectivity index (χ3v) is 2.42. The van der Waals surface area contributed by atoms with Gasteiger partial charge in [-0.2, -0.15) is 13.2 Å². The van der Waals surface area contributed by atoms with E-state index in [0.29, 0.717) is 10.5 Å². The third-order valence-electron chi connectivity index (χ3n) is 2.42. The van der Waals surface area contributed by atoms with Gasteiger partial charge in [-0.1, -0.05) is 11.6 Å². The van der Waals surface area contributed by atoms with E-state index >= 15 is 0 Å². The Morgan fingerprint density at radius 1 is 1.39 bits per heavy atom. The van der Waals surface area contributed by atoms with E-state index in [9.17, 15) is 23.1 Å². The SMILES string of the molecule is CCN(CC(F)(F)F)C(=O)c1cc(C)ccc1O. The Bertz CT molecular complexity index is 443. The molecule has 100 valence electrons. The molecule has 1 amide bonds. The van der Waals surface area contributed by atoms with Crippen LogP contribution in [0.15, 0.2) is 18.2 Å². The summed E-state index contributed by atoms with van der Waals surface area (Å²) in [5.74, 6) is -1.14. The molecule has 0 unspecified atom stereocenters. The first-order chi connectivity index (χ1) is 8.24. The first-order valence-corrected chi connectivity index (χ1v) is 5.40. The number of halogens is 3. The van der Waals surface area contributed by atoms with Crippen molar-refractivity contribution in [3.8, 4) is 5.75 Å². The minimum atomic E-state index is -4.45. The molecule has 0 fully saturated rings. The van der Waals surface area contributed by atoms with Crippen molar-refractivity contribution in [1.29, 1.82) is 0 Å². The zero-order valence-electron chi connectivity index (χ0n) is 10.1. The van der Waals surface area contributed by atoms with Crippen LogP contribution in [0.1, 0.15) is 22.8 Å². The maximum atomic E-state index is 12.3. The van der Waals surface area contributed by atoms with Crippen molar-refractivity contribution in [2.45, 2.75) is 20.0 Å². The number of rotatable bonds is 3. The van der Waals surface area contributed by atoms with Crippen LogP contribution in [0.3, 0.4) is 0 Å². The number of hydrogen-bond acceptors (Lipinski definition) is 2. The summed E-state index contributed by atoms with van der Waals surface area (Å²) in [6, 6.07) is 4.24. The lowest BCUT2D eigenvalue weighted by Crippen LogP contribution is -2.38. The van der Waals surface area contributed by atoms with Crippen molar-refractivity contribution in [2.75, 3.05) is 13.1 Å². The predicted octanol–water partition coefficient (Wildman–Crippen LogP) is 2.73. The maximum Gasteiger partial charge on any atom is 0.406 e. The summed E-state index contributed by atoms with van der Waals surface area (Å²) in [5.41, 5.74) is 0.584. The number of benzene rings is 1. The second kappa shape index (κ2) is 5.29. The van der Waals surface area contributed by atoms with Gasteiger partial charge in [-0.3, -0.25) is 4.79 Å². The molecule has 0 spiro atoms. The maximum absolute atomic E-state index is 12.3. The van der Waals surface area contributed by atoms with Crippen molar-refractivity contribution in [2.24, 2.45) is 0 Å². The first kappa shape index (κ1) is 14.3. The summed E-state index contributed by atoms with van der Waals surface area (Å²) in [7, 11) is 0. The number of carbonyl (C=O) groups is 1. The molecule has 1 rings (SSSR count). The molecule has 1 N–H and O–H groups in total. The Balaban J connectivity index is 3.00. The minimum absolute atomic E-state index is 0.0777. The van der Waals surface area contributed by atoms with Gasteiger partial charge in [0.25, 0.3) is 5.91 Å². The van der Waals surface area contributed by atoms with E-state index in [1.54, 1.807) is 13.0 Å². The molecule has 0 bridgehead atoms. The highest BCUT2D eigenvalue weighted by Crippen LogP contribution is 2.23. The molecule has 0 aromatic heterocycles. The lowest BCUT2D eigenvalue weighted by Gasteiger charge is -2.22. The number of nitrogens with zero attached hydrogens (tertiary/aromatic N) is 1. The van der Waals surface area contributed by atoms with Crippen molar-refractivity contribution < 1.29 is 23.1 Å². The number of aromatic hydroxyl groups is 1. The van der Waals surface area contributed by atoms with Crippen LogP contribution in [0.4, 0.5) is 13.2 Å². The van der Waals surface area contributed by atoms with Crippen LogP contribution in [0.5, 0.6) is 5.75 Å². The zero-order chi connectivity index (χ0) is 13.9. The van der Waals surface area contributed by atoms with Gasteiger partial charge in [-0.25, -0.2) is 0 Å². The number of aryl methyl sites for hydroxylation is 1. The molecule has 0 aliphatic heterocycles. The number of hydrogen-bond donors (Lipinski definition) is 1. The van der Waals surface area contributed by atoms with Crippen molar-refractivity contribution >= 4 is 5.91 Å². The molecule has 0 aliphatic carbocycles. The molecule has 0 heterocycles. The Morgan fingerprint density at radius 2 is 2.00 bits per heavy atom. The highest BCUT2D eigenvalue weighted by Gasteiger charge is 2.33. The fraction of sp³-hybridized carbons (Fsp3) is 0.417. The van der Waals surface area contributed by atoms with E-state index in [-0.39, 0.29) is 17.9 Å². The van der Waals surface area contributed by atoms with Gasteiger partial charge in [-0.15, -0.1) is 0 Å². The molecule has 0 radical (unpaired) electrons. The van der Waals surface area contributed by atoms with Gasteiger partial charge >= 0.3 is 6.18 Å². The van der Waals surface area contributed by atoms with Crippen LogP contribution in [0.2, 0.25) is 0 Å². The van der Waals surface area contributed by atoms with E-state index in [2.05, 4.69) is 0 Å². The second-order valence-electron chi connectivity index (χ2n) is 3.96. The molecule has 0 atom stereocenters. The molecule has 1 aromatic carbocycles. The Morgan fingerprint density at radius 3 is 2.50 bits per heavy atom. The van der Waals surface area contributed by atoms with E-state index in [1.807, 2.05) is 0 Å². The summed E-state index contributed by atoms with van der Waals surface area (Å²) in [6.07, 6.45) is -4.45. The van der Waals surface area contributed by atoms with Gasteiger partial charge in [0, 0.05) is 6.54 Å². The van der Waals surface area contributed by atoms with Crippen LogP contribution < -0.4 is 0 Å². The monoisotopic (exact) mass is 261 g/mol. The highest BCUT2D eigenvalue weighted by atomic mass is 19.4. The third kappa shape index (κ3) is 3.65. The van der Waals surface area contributed by atoms with E-state index in [0.717, 1.165) is 0 Å². The zero-order valence-corrected chi connectivity index (χ0v) is 10.1. The second-order valence-corrected chi connectivity index (χ2v) is 3.96. The van der Waals surface area contributed by atoms with E-state index in [1.165, 1.54) is 19.1 Å². The van der Waals surface area contributed by atoms with Gasteiger partial charge in [0.1, 0.15) is 12.3 Å². The van der Waals surface area contributed by atoms with Gasteiger partial charge < -0.3 is 10.0 Å². The first-order valence-electron chi connectivity index (χ1n) is 5.40. The van der Waals surface area contributed by atoms with Gasteiger partial charge in [0.15, 0.2) is 0 Å². The average Bonchev–Trinajstić information content (AvgIpc) is 2.27. The van der Waals surface area contributed by atoms with Crippen LogP contribution >= 0.6 is 0 Å². The number of phenols is 1. The summed E-state index contributed by atoms with van der Waals surface area (Å²) in [4.78, 5) is 12.5. The lowest BCUT2D eigenvalue weighted by atomic mass is 10.1. The van der Waals surface area contributed by atoms with E-state index in [4.69, 9.17) is 0 Å². The molecular weight excluding hydrogens is 247 g/mol. The fourth-order valence-electron chi connectivity index (χ4n) is 1.54. The van der Waals surface area contributed by atoms with Crippen molar-refractivity contribution in [3.63, 3.8) is 0 Å². The van der Waals surface area contributed by atoms with Crippen LogP contribution in [0.25, 0.3) is 0 Å². The lowest BCUT2D eigenvalue weighted by molar-refractivity contribution is -0.140. The van der Waals surface area contributed by atoms with E-state index < -0.39 is 18.6 Å². The summed E-state index contributed by atoms with van der Waals surface area (Å²) < 4.78 is 36.9. The van der Waals surface area contributed by atoms with Crippen LogP contribution in [-0.4, -0.2) is 35.2 Å². The van der Waals surface area contributed by atoms with Crippen LogP contribution in [0, 0.1) is 6.92 Å².